The molecule has 2 N–H and O–H groups in total. The number of aromatic nitrogens is 2. The zero-order valence-corrected chi connectivity index (χ0v) is 25.0. The van der Waals surface area contributed by atoms with Crippen molar-refractivity contribution in [2.75, 3.05) is 23.0 Å². The van der Waals surface area contributed by atoms with Crippen LogP contribution in [0.25, 0.3) is 5.69 Å². The molecule has 0 radical (unpaired) electrons. The van der Waals surface area contributed by atoms with Crippen LogP contribution in [0.15, 0.2) is 66.9 Å². The Morgan fingerprint density at radius 1 is 1.02 bits per heavy atom. The molecule has 2 aromatic carbocycles. The maximum Gasteiger partial charge on any atom is 0.229 e. The Kier molecular flexibility index (Phi) is 7.32. The molecule has 1 aliphatic heterocycles. The fourth-order valence-electron chi connectivity index (χ4n) is 5.49. The van der Waals surface area contributed by atoms with Crippen molar-refractivity contribution in [1.29, 1.82) is 0 Å². The van der Waals surface area contributed by atoms with Gasteiger partial charge in [0.25, 0.3) is 0 Å². The lowest BCUT2D eigenvalue weighted by molar-refractivity contribution is 0.417. The monoisotopic (exact) mass is 575 g/mol. The Hall–Kier alpha value is -3.89. The largest absolute Gasteiger partial charge is 0.495 e. The van der Waals surface area contributed by atoms with Gasteiger partial charge in [-0.05, 0) is 99.1 Å². The van der Waals surface area contributed by atoms with Crippen LogP contribution in [0.1, 0.15) is 45.9 Å². The van der Waals surface area contributed by atoms with Crippen molar-refractivity contribution in [2.24, 2.45) is 0 Å². The molecule has 0 aliphatic carbocycles. The lowest BCUT2D eigenvalue weighted by Gasteiger charge is -2.29. The highest BCUT2D eigenvalue weighted by Gasteiger charge is 2.42. The second-order valence-electron chi connectivity index (χ2n) is 10.2. The number of methoxy groups -OCH3 is 1. The van der Waals surface area contributed by atoms with Crippen molar-refractivity contribution in [3.8, 4) is 11.4 Å². The Labute approximate surface area is 241 Å². The zero-order chi connectivity index (χ0) is 28.8. The molecule has 2 atom stereocenters. The minimum atomic E-state index is -3.54. The molecule has 3 heterocycles. The summed E-state index contributed by atoms with van der Waals surface area (Å²) in [7, 11) is -2.03. The van der Waals surface area contributed by atoms with Crippen molar-refractivity contribution in [3.05, 3.63) is 101 Å². The van der Waals surface area contributed by atoms with E-state index < -0.39 is 10.0 Å². The van der Waals surface area contributed by atoms with E-state index >= 15 is 0 Å². The van der Waals surface area contributed by atoms with Gasteiger partial charge in [0.05, 0.1) is 36.8 Å². The number of rotatable bonds is 7. The van der Waals surface area contributed by atoms with Gasteiger partial charge in [-0.3, -0.25) is 9.71 Å². The summed E-state index contributed by atoms with van der Waals surface area (Å²) in [6, 6.07) is 19.4. The molecule has 0 spiro atoms. The van der Waals surface area contributed by atoms with E-state index in [1.807, 2.05) is 29.2 Å². The molecule has 1 saturated heterocycles. The Morgan fingerprint density at radius 2 is 1.80 bits per heavy atom. The number of benzene rings is 2. The first-order valence-corrected chi connectivity index (χ1v) is 15.2. The van der Waals surface area contributed by atoms with Gasteiger partial charge >= 0.3 is 0 Å². The standard InChI is InChI=1S/C30H33N5O3S2/c1-18-10-11-19(2)26(15-18)34-20(3)16-23(21(34)4)29-28(24-9-7-8-14-31-24)32-30(39)35(29)22-12-13-27(38-5)25(17-22)33-40(6,36)37/h7-17,28-29,33H,1-6H3,(H,32,39). The summed E-state index contributed by atoms with van der Waals surface area (Å²) in [4.78, 5) is 6.71. The number of nitrogens with one attached hydrogen (secondary N) is 2. The Bertz CT molecular complexity index is 1700. The molecule has 5 rings (SSSR count). The van der Waals surface area contributed by atoms with E-state index in [0.717, 1.165) is 40.3 Å². The molecule has 2 aromatic heterocycles. The predicted octanol–water partition coefficient (Wildman–Crippen LogP) is 5.66. The first-order valence-electron chi connectivity index (χ1n) is 12.9. The summed E-state index contributed by atoms with van der Waals surface area (Å²) in [6.45, 7) is 8.46. The summed E-state index contributed by atoms with van der Waals surface area (Å²) in [5.41, 5.74) is 8.73. The van der Waals surface area contributed by atoms with Crippen LogP contribution in [0.5, 0.6) is 5.75 Å². The quantitative estimate of drug-likeness (QED) is 0.275. The maximum absolute atomic E-state index is 12.1. The maximum atomic E-state index is 12.1. The number of thiocarbonyl (C=S) groups is 1. The molecule has 40 heavy (non-hydrogen) atoms. The first-order chi connectivity index (χ1) is 19.0. The average molecular weight is 576 g/mol. The number of ether oxygens (including phenoxy) is 1. The Morgan fingerprint density at radius 3 is 2.48 bits per heavy atom. The van der Waals surface area contributed by atoms with Crippen LogP contribution in [-0.4, -0.2) is 36.4 Å². The number of hydrogen-bond donors (Lipinski definition) is 2. The molecule has 0 amide bonds. The predicted molar refractivity (Wildman–Crippen MR) is 164 cm³/mol. The van der Waals surface area contributed by atoms with Crippen LogP contribution in [-0.2, 0) is 10.0 Å². The van der Waals surface area contributed by atoms with E-state index in [2.05, 4.69) is 71.6 Å². The lowest BCUT2D eigenvalue weighted by atomic mass is 9.96. The molecular weight excluding hydrogens is 542 g/mol. The second-order valence-corrected chi connectivity index (χ2v) is 12.3. The number of anilines is 2. The van der Waals surface area contributed by atoms with Crippen molar-refractivity contribution in [1.82, 2.24) is 14.9 Å². The molecule has 208 valence electrons. The molecule has 1 fully saturated rings. The summed E-state index contributed by atoms with van der Waals surface area (Å²) in [6.07, 6.45) is 2.89. The third-order valence-corrected chi connectivity index (χ3v) is 8.15. The number of nitrogens with zero attached hydrogens (tertiary/aromatic N) is 3. The van der Waals surface area contributed by atoms with Gasteiger partial charge in [0, 0.05) is 29.0 Å². The van der Waals surface area contributed by atoms with Crippen molar-refractivity contribution < 1.29 is 13.2 Å². The van der Waals surface area contributed by atoms with Crippen LogP contribution < -0.4 is 19.7 Å². The smallest absolute Gasteiger partial charge is 0.229 e. The molecule has 0 saturated carbocycles. The highest BCUT2D eigenvalue weighted by Crippen LogP contribution is 2.45. The van der Waals surface area contributed by atoms with Gasteiger partial charge in [0.15, 0.2) is 5.11 Å². The average Bonchev–Trinajstić information content (AvgIpc) is 3.40. The molecular formula is C30H33N5O3S2. The van der Waals surface area contributed by atoms with Crippen molar-refractivity contribution in [3.63, 3.8) is 0 Å². The van der Waals surface area contributed by atoms with Crippen LogP contribution >= 0.6 is 12.2 Å². The summed E-state index contributed by atoms with van der Waals surface area (Å²) in [5, 5.41) is 4.02. The fraction of sp³-hybridized carbons (Fsp3) is 0.267. The summed E-state index contributed by atoms with van der Waals surface area (Å²) >= 11 is 5.92. The summed E-state index contributed by atoms with van der Waals surface area (Å²) < 4.78 is 34.6. The first kappa shape index (κ1) is 27.7. The third-order valence-electron chi connectivity index (χ3n) is 7.25. The van der Waals surface area contributed by atoms with Gasteiger partial charge in [0.2, 0.25) is 10.0 Å². The lowest BCUT2D eigenvalue weighted by Crippen LogP contribution is -2.29. The van der Waals surface area contributed by atoms with E-state index in [1.165, 1.54) is 18.2 Å². The van der Waals surface area contributed by atoms with Gasteiger partial charge in [-0.1, -0.05) is 18.2 Å². The molecule has 1 aliphatic rings. The van der Waals surface area contributed by atoms with E-state index in [4.69, 9.17) is 17.0 Å². The Balaban J connectivity index is 1.70. The molecule has 10 heteroatoms. The van der Waals surface area contributed by atoms with Gasteiger partial charge in [-0.25, -0.2) is 8.42 Å². The van der Waals surface area contributed by atoms with Crippen molar-refractivity contribution >= 4 is 38.7 Å². The number of pyridine rings is 1. The minimum Gasteiger partial charge on any atom is -0.495 e. The van der Waals surface area contributed by atoms with Crippen LogP contribution in [0, 0.1) is 27.7 Å². The summed E-state index contributed by atoms with van der Waals surface area (Å²) in [5.74, 6) is 0.415. The number of aryl methyl sites for hydroxylation is 3. The fourth-order valence-corrected chi connectivity index (χ4v) is 6.40. The molecule has 2 unspecified atom stereocenters. The second kappa shape index (κ2) is 10.6. The van der Waals surface area contributed by atoms with Gasteiger partial charge in [0.1, 0.15) is 5.75 Å². The van der Waals surface area contributed by atoms with E-state index in [9.17, 15) is 8.42 Å². The van der Waals surface area contributed by atoms with Crippen LogP contribution in [0.2, 0.25) is 0 Å². The van der Waals surface area contributed by atoms with Crippen LogP contribution in [0.3, 0.4) is 0 Å². The normalized spacial score (nSPS) is 17.1. The van der Waals surface area contributed by atoms with E-state index in [1.54, 1.807) is 18.3 Å². The highest BCUT2D eigenvalue weighted by molar-refractivity contribution is 7.92. The third kappa shape index (κ3) is 5.16. The van der Waals surface area contributed by atoms with E-state index in [-0.39, 0.29) is 12.1 Å². The van der Waals surface area contributed by atoms with Crippen LogP contribution in [0.4, 0.5) is 11.4 Å². The highest BCUT2D eigenvalue weighted by atomic mass is 32.2. The number of hydrogen-bond acceptors (Lipinski definition) is 5. The van der Waals surface area contributed by atoms with Gasteiger partial charge in [-0.15, -0.1) is 0 Å². The van der Waals surface area contributed by atoms with E-state index in [0.29, 0.717) is 16.5 Å². The topological polar surface area (TPSA) is 88.5 Å². The van der Waals surface area contributed by atoms with Crippen molar-refractivity contribution in [2.45, 2.75) is 39.8 Å². The molecule has 8 nitrogen and oxygen atoms in total. The van der Waals surface area contributed by atoms with Gasteiger partial charge in [-0.2, -0.15) is 0 Å². The molecule has 0 bridgehead atoms. The number of sulfonamides is 1. The zero-order valence-electron chi connectivity index (χ0n) is 23.4. The molecule has 4 aromatic rings. The minimum absolute atomic E-state index is 0.241. The SMILES string of the molecule is COc1ccc(N2C(=S)NC(c3ccccn3)C2c2cc(C)n(-c3cc(C)ccc3C)c2C)cc1NS(C)(=O)=O. The van der Waals surface area contributed by atoms with Gasteiger partial charge < -0.3 is 19.5 Å².